The lowest BCUT2D eigenvalue weighted by Crippen LogP contribution is -2.26. The quantitative estimate of drug-likeness (QED) is 0.703. The molecule has 1 aliphatic rings. The molecule has 98 valence electrons. The van der Waals surface area contributed by atoms with Crippen LogP contribution in [0, 0.1) is 17.2 Å². The van der Waals surface area contributed by atoms with Crippen LogP contribution in [0.3, 0.4) is 0 Å². The SMILES string of the molecule is CC1(C)CCC(C(=O)c2cc(Br)ccc2F)CC1. The number of benzene rings is 1. The van der Waals surface area contributed by atoms with Gasteiger partial charge < -0.3 is 0 Å². The van der Waals surface area contributed by atoms with Crippen LogP contribution in [0.2, 0.25) is 0 Å². The smallest absolute Gasteiger partial charge is 0.168 e. The summed E-state index contributed by atoms with van der Waals surface area (Å²) < 4.78 is 14.4. The largest absolute Gasteiger partial charge is 0.294 e. The summed E-state index contributed by atoms with van der Waals surface area (Å²) in [6.45, 7) is 4.46. The molecule has 0 bridgehead atoms. The van der Waals surface area contributed by atoms with Crippen LogP contribution in [0.15, 0.2) is 22.7 Å². The van der Waals surface area contributed by atoms with Crippen molar-refractivity contribution in [1.29, 1.82) is 0 Å². The van der Waals surface area contributed by atoms with E-state index < -0.39 is 5.82 Å². The highest BCUT2D eigenvalue weighted by molar-refractivity contribution is 9.10. The fourth-order valence-electron chi connectivity index (χ4n) is 2.57. The van der Waals surface area contributed by atoms with Crippen LogP contribution < -0.4 is 0 Å². The van der Waals surface area contributed by atoms with Gasteiger partial charge in [-0.15, -0.1) is 0 Å². The summed E-state index contributed by atoms with van der Waals surface area (Å²) in [6, 6.07) is 4.57. The number of halogens is 2. The first-order chi connectivity index (χ1) is 8.39. The maximum Gasteiger partial charge on any atom is 0.168 e. The standard InChI is InChI=1S/C15H18BrFO/c1-15(2)7-5-10(6-8-15)14(18)12-9-11(16)3-4-13(12)17/h3-4,9-10H,5-8H2,1-2H3. The van der Waals surface area contributed by atoms with Crippen molar-refractivity contribution in [2.45, 2.75) is 39.5 Å². The van der Waals surface area contributed by atoms with Crippen LogP contribution in [-0.4, -0.2) is 5.78 Å². The second-order valence-electron chi connectivity index (χ2n) is 5.93. The summed E-state index contributed by atoms with van der Waals surface area (Å²) in [4.78, 5) is 12.3. The van der Waals surface area contributed by atoms with Crippen molar-refractivity contribution < 1.29 is 9.18 Å². The van der Waals surface area contributed by atoms with Gasteiger partial charge in [0.1, 0.15) is 5.82 Å². The van der Waals surface area contributed by atoms with E-state index in [9.17, 15) is 9.18 Å². The lowest BCUT2D eigenvalue weighted by Gasteiger charge is -2.33. The minimum Gasteiger partial charge on any atom is -0.294 e. The van der Waals surface area contributed by atoms with Gasteiger partial charge in [-0.2, -0.15) is 0 Å². The molecule has 0 unspecified atom stereocenters. The monoisotopic (exact) mass is 312 g/mol. The lowest BCUT2D eigenvalue weighted by molar-refractivity contribution is 0.0834. The topological polar surface area (TPSA) is 17.1 Å². The van der Waals surface area contributed by atoms with E-state index in [2.05, 4.69) is 29.8 Å². The third kappa shape index (κ3) is 3.00. The molecular formula is C15H18BrFO. The summed E-state index contributed by atoms with van der Waals surface area (Å²) >= 11 is 3.29. The molecule has 0 N–H and O–H groups in total. The molecule has 3 heteroatoms. The average molecular weight is 313 g/mol. The van der Waals surface area contributed by atoms with Gasteiger partial charge in [0.2, 0.25) is 0 Å². The molecule has 0 aromatic heterocycles. The molecule has 0 aliphatic heterocycles. The predicted octanol–water partition coefficient (Wildman–Crippen LogP) is 4.99. The zero-order chi connectivity index (χ0) is 13.3. The Morgan fingerprint density at radius 1 is 1.33 bits per heavy atom. The van der Waals surface area contributed by atoms with Gasteiger partial charge in [0.05, 0.1) is 5.56 Å². The fourth-order valence-corrected chi connectivity index (χ4v) is 2.93. The Morgan fingerprint density at radius 2 is 1.94 bits per heavy atom. The minimum atomic E-state index is -0.409. The van der Waals surface area contributed by atoms with Gasteiger partial charge in [-0.3, -0.25) is 4.79 Å². The van der Waals surface area contributed by atoms with Crippen LogP contribution in [0.4, 0.5) is 4.39 Å². The van der Waals surface area contributed by atoms with Gasteiger partial charge in [0.25, 0.3) is 0 Å². The Kier molecular flexibility index (Phi) is 3.90. The first-order valence-corrected chi connectivity index (χ1v) is 7.18. The molecule has 0 atom stereocenters. The maximum atomic E-state index is 13.7. The van der Waals surface area contributed by atoms with Crippen molar-refractivity contribution in [1.82, 2.24) is 0 Å². The zero-order valence-corrected chi connectivity index (χ0v) is 12.4. The van der Waals surface area contributed by atoms with Crippen LogP contribution in [0.25, 0.3) is 0 Å². The molecule has 1 aromatic carbocycles. The molecule has 1 fully saturated rings. The molecule has 0 radical (unpaired) electrons. The number of rotatable bonds is 2. The molecule has 0 spiro atoms. The highest BCUT2D eigenvalue weighted by Gasteiger charge is 2.31. The van der Waals surface area contributed by atoms with Crippen molar-refractivity contribution in [3.8, 4) is 0 Å². The average Bonchev–Trinajstić information content (AvgIpc) is 2.31. The molecule has 18 heavy (non-hydrogen) atoms. The highest BCUT2D eigenvalue weighted by atomic mass is 79.9. The second-order valence-corrected chi connectivity index (χ2v) is 6.84. The summed E-state index contributed by atoms with van der Waals surface area (Å²) in [5.74, 6) is -0.459. The Bertz CT molecular complexity index is 458. The molecule has 0 heterocycles. The van der Waals surface area contributed by atoms with Gasteiger partial charge >= 0.3 is 0 Å². The van der Waals surface area contributed by atoms with Crippen molar-refractivity contribution in [3.05, 3.63) is 34.1 Å². The molecular weight excluding hydrogens is 295 g/mol. The Labute approximate surface area is 116 Å². The van der Waals surface area contributed by atoms with Gasteiger partial charge in [-0.1, -0.05) is 29.8 Å². The molecule has 1 nitrogen and oxygen atoms in total. The minimum absolute atomic E-state index is 0.0122. The van der Waals surface area contributed by atoms with Crippen LogP contribution >= 0.6 is 15.9 Å². The third-order valence-electron chi connectivity index (χ3n) is 3.90. The van der Waals surface area contributed by atoms with Crippen LogP contribution in [-0.2, 0) is 0 Å². The number of carbonyl (C=O) groups is 1. The van der Waals surface area contributed by atoms with Gasteiger partial charge in [0.15, 0.2) is 5.78 Å². The van der Waals surface area contributed by atoms with E-state index in [1.807, 2.05) is 0 Å². The first-order valence-electron chi connectivity index (χ1n) is 6.38. The molecule has 2 rings (SSSR count). The summed E-state index contributed by atoms with van der Waals surface area (Å²) in [5, 5.41) is 0. The molecule has 1 saturated carbocycles. The van der Waals surface area contributed by atoms with Crippen LogP contribution in [0.1, 0.15) is 49.9 Å². The Hall–Kier alpha value is -0.700. The molecule has 1 aromatic rings. The highest BCUT2D eigenvalue weighted by Crippen LogP contribution is 2.39. The zero-order valence-electron chi connectivity index (χ0n) is 10.8. The van der Waals surface area contributed by atoms with Gasteiger partial charge in [-0.05, 0) is 49.3 Å². The Morgan fingerprint density at radius 3 is 2.56 bits per heavy atom. The molecule has 0 amide bonds. The Balaban J connectivity index is 2.15. The van der Waals surface area contributed by atoms with E-state index in [0.29, 0.717) is 5.41 Å². The van der Waals surface area contributed by atoms with Crippen LogP contribution in [0.5, 0.6) is 0 Å². The number of ketones is 1. The van der Waals surface area contributed by atoms with Crippen molar-refractivity contribution in [2.24, 2.45) is 11.3 Å². The summed E-state index contributed by atoms with van der Waals surface area (Å²) in [6.07, 6.45) is 3.83. The fraction of sp³-hybridized carbons (Fsp3) is 0.533. The summed E-state index contributed by atoms with van der Waals surface area (Å²) in [5.41, 5.74) is 0.557. The predicted molar refractivity (Wildman–Crippen MR) is 74.2 cm³/mol. The van der Waals surface area contributed by atoms with Crippen molar-refractivity contribution in [2.75, 3.05) is 0 Å². The second kappa shape index (κ2) is 5.12. The first kappa shape index (κ1) is 13.7. The maximum absolute atomic E-state index is 13.7. The molecule has 1 aliphatic carbocycles. The van der Waals surface area contributed by atoms with Gasteiger partial charge in [-0.25, -0.2) is 4.39 Å². The number of carbonyl (C=O) groups excluding carboxylic acids is 1. The van der Waals surface area contributed by atoms with Gasteiger partial charge in [0, 0.05) is 10.4 Å². The van der Waals surface area contributed by atoms with E-state index in [1.54, 1.807) is 12.1 Å². The van der Waals surface area contributed by atoms with E-state index in [4.69, 9.17) is 0 Å². The molecule has 0 saturated heterocycles. The lowest BCUT2D eigenvalue weighted by atomic mass is 9.71. The normalized spacial score (nSPS) is 19.8. The number of hydrogen-bond donors (Lipinski definition) is 0. The third-order valence-corrected chi connectivity index (χ3v) is 4.40. The van der Waals surface area contributed by atoms with E-state index in [-0.39, 0.29) is 17.3 Å². The van der Waals surface area contributed by atoms with E-state index >= 15 is 0 Å². The van der Waals surface area contributed by atoms with Crippen molar-refractivity contribution >= 4 is 21.7 Å². The summed E-state index contributed by atoms with van der Waals surface area (Å²) in [7, 11) is 0. The van der Waals surface area contributed by atoms with E-state index in [1.165, 1.54) is 6.07 Å². The number of Topliss-reactive ketones (excluding diaryl/α,β-unsaturated/α-hetero) is 1. The van der Waals surface area contributed by atoms with Crippen molar-refractivity contribution in [3.63, 3.8) is 0 Å². The number of hydrogen-bond acceptors (Lipinski definition) is 1. The van der Waals surface area contributed by atoms with E-state index in [0.717, 1.165) is 30.2 Å².